The number of amides is 1. The zero-order valence-corrected chi connectivity index (χ0v) is 12.0. The highest BCUT2D eigenvalue weighted by atomic mass is 32.2. The standard InChI is InChI=1S/C12H18N2O4S/c1-8(2)7-18-12(15)14-10-5-4-9(3)11(6-10)19(13,16)17/h4-6,8H,7H2,1-3H3,(H,14,15)(H2,13,16,17). The number of nitrogens with one attached hydrogen (secondary N) is 1. The van der Waals surface area contributed by atoms with Crippen molar-refractivity contribution in [2.75, 3.05) is 11.9 Å². The van der Waals surface area contributed by atoms with Crippen LogP contribution in [0, 0.1) is 12.8 Å². The first-order chi connectivity index (χ1) is 8.70. The average Bonchev–Trinajstić information content (AvgIpc) is 2.27. The number of rotatable bonds is 4. The van der Waals surface area contributed by atoms with Gasteiger partial charge in [0.2, 0.25) is 10.0 Å². The minimum Gasteiger partial charge on any atom is -0.449 e. The smallest absolute Gasteiger partial charge is 0.411 e. The van der Waals surface area contributed by atoms with Crippen LogP contribution in [-0.4, -0.2) is 21.1 Å². The summed E-state index contributed by atoms with van der Waals surface area (Å²) in [6.45, 7) is 5.75. The fraction of sp³-hybridized carbons (Fsp3) is 0.417. The molecule has 3 N–H and O–H groups in total. The van der Waals surface area contributed by atoms with Gasteiger partial charge in [0.15, 0.2) is 0 Å². The van der Waals surface area contributed by atoms with E-state index in [0.717, 1.165) is 0 Å². The molecule has 19 heavy (non-hydrogen) atoms. The molecule has 0 aliphatic heterocycles. The molecule has 0 atom stereocenters. The fourth-order valence-corrected chi connectivity index (χ4v) is 2.19. The predicted molar refractivity (Wildman–Crippen MR) is 72.4 cm³/mol. The normalized spacial score (nSPS) is 11.4. The van der Waals surface area contributed by atoms with Gasteiger partial charge in [-0.1, -0.05) is 19.9 Å². The Bertz CT molecular complexity index is 567. The number of anilines is 1. The summed E-state index contributed by atoms with van der Waals surface area (Å²) in [5.74, 6) is 0.226. The lowest BCUT2D eigenvalue weighted by molar-refractivity contribution is 0.147. The van der Waals surface area contributed by atoms with Crippen molar-refractivity contribution >= 4 is 21.8 Å². The maximum absolute atomic E-state index is 11.4. The van der Waals surface area contributed by atoms with Crippen molar-refractivity contribution < 1.29 is 17.9 Å². The van der Waals surface area contributed by atoms with Gasteiger partial charge in [0.1, 0.15) is 0 Å². The van der Waals surface area contributed by atoms with Gasteiger partial charge in [0.05, 0.1) is 11.5 Å². The van der Waals surface area contributed by atoms with Gasteiger partial charge in [-0.25, -0.2) is 18.4 Å². The number of carbonyl (C=O) groups excluding carboxylic acids is 1. The van der Waals surface area contributed by atoms with Gasteiger partial charge in [0, 0.05) is 5.69 Å². The molecular formula is C12H18N2O4S. The number of sulfonamides is 1. The van der Waals surface area contributed by atoms with E-state index in [2.05, 4.69) is 5.32 Å². The van der Waals surface area contributed by atoms with Crippen molar-refractivity contribution in [3.63, 3.8) is 0 Å². The second kappa shape index (κ2) is 6.03. The number of benzene rings is 1. The number of aryl methyl sites for hydroxylation is 1. The third-order valence-corrected chi connectivity index (χ3v) is 3.34. The first kappa shape index (κ1) is 15.5. The Balaban J connectivity index is 2.84. The molecule has 1 amide bonds. The monoisotopic (exact) mass is 286 g/mol. The molecule has 0 bridgehead atoms. The number of hydrogen-bond donors (Lipinski definition) is 2. The van der Waals surface area contributed by atoms with E-state index in [-0.39, 0.29) is 10.8 Å². The summed E-state index contributed by atoms with van der Waals surface area (Å²) in [5, 5.41) is 7.54. The minimum atomic E-state index is -3.81. The molecule has 7 heteroatoms. The van der Waals surface area contributed by atoms with E-state index >= 15 is 0 Å². The molecule has 0 heterocycles. The lowest BCUT2D eigenvalue weighted by atomic mass is 10.2. The van der Waals surface area contributed by atoms with Crippen LogP contribution in [0.3, 0.4) is 0 Å². The Kier molecular flexibility index (Phi) is 4.90. The van der Waals surface area contributed by atoms with Crippen LogP contribution in [0.1, 0.15) is 19.4 Å². The highest BCUT2D eigenvalue weighted by molar-refractivity contribution is 7.89. The number of carbonyl (C=O) groups is 1. The van der Waals surface area contributed by atoms with Crippen LogP contribution in [0.15, 0.2) is 23.1 Å². The zero-order valence-electron chi connectivity index (χ0n) is 11.1. The predicted octanol–water partition coefficient (Wildman–Crippen LogP) is 1.85. The molecule has 0 unspecified atom stereocenters. The van der Waals surface area contributed by atoms with E-state index in [1.807, 2.05) is 13.8 Å². The molecule has 1 aromatic rings. The Hall–Kier alpha value is -1.60. The van der Waals surface area contributed by atoms with Crippen LogP contribution in [0.5, 0.6) is 0 Å². The molecule has 0 spiro atoms. The molecule has 0 aliphatic rings. The highest BCUT2D eigenvalue weighted by Gasteiger charge is 2.13. The van der Waals surface area contributed by atoms with Gasteiger partial charge >= 0.3 is 6.09 Å². The molecule has 0 radical (unpaired) electrons. The van der Waals surface area contributed by atoms with Crippen molar-refractivity contribution in [3.05, 3.63) is 23.8 Å². The van der Waals surface area contributed by atoms with Crippen LogP contribution in [0.4, 0.5) is 10.5 Å². The maximum atomic E-state index is 11.4. The van der Waals surface area contributed by atoms with E-state index in [4.69, 9.17) is 9.88 Å². The van der Waals surface area contributed by atoms with Crippen molar-refractivity contribution in [1.29, 1.82) is 0 Å². The average molecular weight is 286 g/mol. The summed E-state index contributed by atoms with van der Waals surface area (Å²) >= 11 is 0. The molecule has 0 aromatic heterocycles. The van der Waals surface area contributed by atoms with Crippen LogP contribution < -0.4 is 10.5 Å². The first-order valence-corrected chi connectivity index (χ1v) is 7.32. The lowest BCUT2D eigenvalue weighted by Gasteiger charge is -2.10. The molecule has 0 saturated carbocycles. The van der Waals surface area contributed by atoms with E-state index in [0.29, 0.717) is 17.9 Å². The third-order valence-electron chi connectivity index (χ3n) is 2.29. The summed E-state index contributed by atoms with van der Waals surface area (Å²) < 4.78 is 27.6. The number of ether oxygens (including phenoxy) is 1. The largest absolute Gasteiger partial charge is 0.449 e. The topological polar surface area (TPSA) is 98.5 Å². The summed E-state index contributed by atoms with van der Waals surface area (Å²) in [4.78, 5) is 11.4. The second-order valence-corrected chi connectivity index (χ2v) is 6.17. The number of nitrogens with two attached hydrogens (primary N) is 1. The van der Waals surface area contributed by atoms with Crippen LogP contribution >= 0.6 is 0 Å². The van der Waals surface area contributed by atoms with E-state index in [9.17, 15) is 13.2 Å². The van der Waals surface area contributed by atoms with Crippen LogP contribution in [0.2, 0.25) is 0 Å². The number of hydrogen-bond acceptors (Lipinski definition) is 4. The van der Waals surface area contributed by atoms with Crippen molar-refractivity contribution in [1.82, 2.24) is 0 Å². The lowest BCUT2D eigenvalue weighted by Crippen LogP contribution is -2.18. The molecule has 0 aliphatic carbocycles. The second-order valence-electron chi connectivity index (χ2n) is 4.64. The zero-order chi connectivity index (χ0) is 14.6. The Labute approximate surface area is 113 Å². The molecule has 1 rings (SSSR count). The Morgan fingerprint density at radius 1 is 1.42 bits per heavy atom. The highest BCUT2D eigenvalue weighted by Crippen LogP contribution is 2.19. The molecule has 1 aromatic carbocycles. The van der Waals surface area contributed by atoms with Gasteiger partial charge in [0.25, 0.3) is 0 Å². The first-order valence-electron chi connectivity index (χ1n) is 5.77. The third kappa shape index (κ3) is 4.88. The fourth-order valence-electron chi connectivity index (χ4n) is 1.38. The SMILES string of the molecule is Cc1ccc(NC(=O)OCC(C)C)cc1S(N)(=O)=O. The summed E-state index contributed by atoms with van der Waals surface area (Å²) in [6.07, 6.45) is -0.627. The maximum Gasteiger partial charge on any atom is 0.411 e. The number of primary sulfonamides is 1. The van der Waals surface area contributed by atoms with Gasteiger partial charge < -0.3 is 4.74 Å². The van der Waals surface area contributed by atoms with Crippen molar-refractivity contribution in [3.8, 4) is 0 Å². The van der Waals surface area contributed by atoms with Gasteiger partial charge in [-0.3, -0.25) is 5.32 Å². The van der Waals surface area contributed by atoms with Crippen molar-refractivity contribution in [2.45, 2.75) is 25.7 Å². The Morgan fingerprint density at radius 2 is 2.05 bits per heavy atom. The van der Waals surface area contributed by atoms with Gasteiger partial charge in [-0.2, -0.15) is 0 Å². The summed E-state index contributed by atoms with van der Waals surface area (Å²) in [7, 11) is -3.81. The van der Waals surface area contributed by atoms with Crippen LogP contribution in [0.25, 0.3) is 0 Å². The summed E-state index contributed by atoms with van der Waals surface area (Å²) in [5.41, 5.74) is 0.840. The quantitative estimate of drug-likeness (QED) is 0.882. The van der Waals surface area contributed by atoms with Crippen molar-refractivity contribution in [2.24, 2.45) is 11.1 Å². The van der Waals surface area contributed by atoms with Crippen LogP contribution in [-0.2, 0) is 14.8 Å². The molecule has 0 fully saturated rings. The van der Waals surface area contributed by atoms with E-state index in [1.54, 1.807) is 19.1 Å². The molecule has 6 nitrogen and oxygen atoms in total. The molecular weight excluding hydrogens is 268 g/mol. The molecule has 0 saturated heterocycles. The van der Waals surface area contributed by atoms with E-state index < -0.39 is 16.1 Å². The minimum absolute atomic E-state index is 0.0193. The molecule has 106 valence electrons. The van der Waals surface area contributed by atoms with Gasteiger partial charge in [-0.05, 0) is 30.5 Å². The Morgan fingerprint density at radius 3 is 2.58 bits per heavy atom. The summed E-state index contributed by atoms with van der Waals surface area (Å²) in [6, 6.07) is 4.46. The van der Waals surface area contributed by atoms with Gasteiger partial charge in [-0.15, -0.1) is 0 Å². The van der Waals surface area contributed by atoms with E-state index in [1.165, 1.54) is 6.07 Å².